The SMILES string of the molecule is CC=C(CCCCCCCC)C(N)=O. The Morgan fingerprint density at radius 1 is 1.14 bits per heavy atom. The Labute approximate surface area is 87.6 Å². The van der Waals surface area contributed by atoms with Crippen molar-refractivity contribution < 1.29 is 4.79 Å². The number of nitrogens with two attached hydrogens (primary N) is 1. The van der Waals surface area contributed by atoms with E-state index >= 15 is 0 Å². The minimum atomic E-state index is -0.263. The van der Waals surface area contributed by atoms with E-state index in [9.17, 15) is 4.79 Å². The van der Waals surface area contributed by atoms with Gasteiger partial charge in [-0.25, -0.2) is 0 Å². The van der Waals surface area contributed by atoms with Crippen molar-refractivity contribution in [1.82, 2.24) is 0 Å². The minimum absolute atomic E-state index is 0.263. The Kier molecular flexibility index (Phi) is 8.30. The number of hydrogen-bond acceptors (Lipinski definition) is 1. The molecule has 0 saturated heterocycles. The predicted octanol–water partition coefficient (Wildman–Crippen LogP) is 3.17. The van der Waals surface area contributed by atoms with Crippen LogP contribution in [-0.4, -0.2) is 5.91 Å². The molecule has 0 bridgehead atoms. The molecule has 0 spiro atoms. The highest BCUT2D eigenvalue weighted by molar-refractivity contribution is 5.91. The zero-order valence-electron chi connectivity index (χ0n) is 9.51. The molecule has 1 amide bonds. The summed E-state index contributed by atoms with van der Waals surface area (Å²) in [5.74, 6) is -0.263. The second-order valence-corrected chi connectivity index (χ2v) is 3.70. The minimum Gasteiger partial charge on any atom is -0.366 e. The van der Waals surface area contributed by atoms with Crippen molar-refractivity contribution in [2.45, 2.75) is 58.8 Å². The van der Waals surface area contributed by atoms with Crippen LogP contribution >= 0.6 is 0 Å². The molecule has 0 atom stereocenters. The van der Waals surface area contributed by atoms with E-state index in [1.165, 1.54) is 32.1 Å². The lowest BCUT2D eigenvalue weighted by atomic mass is 10.0. The van der Waals surface area contributed by atoms with Crippen LogP contribution in [0.25, 0.3) is 0 Å². The van der Waals surface area contributed by atoms with E-state index in [1.807, 2.05) is 13.0 Å². The summed E-state index contributed by atoms with van der Waals surface area (Å²) >= 11 is 0. The Morgan fingerprint density at radius 3 is 2.21 bits per heavy atom. The van der Waals surface area contributed by atoms with Crippen molar-refractivity contribution >= 4 is 5.91 Å². The van der Waals surface area contributed by atoms with Crippen LogP contribution in [0.15, 0.2) is 11.6 Å². The maximum absolute atomic E-state index is 10.9. The van der Waals surface area contributed by atoms with Crippen LogP contribution in [0.4, 0.5) is 0 Å². The summed E-state index contributed by atoms with van der Waals surface area (Å²) in [6.07, 6.45) is 10.2. The predicted molar refractivity (Wildman–Crippen MR) is 60.9 cm³/mol. The zero-order valence-corrected chi connectivity index (χ0v) is 9.51. The first kappa shape index (κ1) is 13.2. The molecular formula is C12H23NO. The molecule has 14 heavy (non-hydrogen) atoms. The van der Waals surface area contributed by atoms with Gasteiger partial charge in [0.25, 0.3) is 0 Å². The summed E-state index contributed by atoms with van der Waals surface area (Å²) in [5.41, 5.74) is 5.98. The number of carbonyl (C=O) groups excluding carboxylic acids is 1. The first-order valence-corrected chi connectivity index (χ1v) is 5.67. The molecule has 0 heterocycles. The van der Waals surface area contributed by atoms with Gasteiger partial charge in [0.2, 0.25) is 5.91 Å². The van der Waals surface area contributed by atoms with E-state index in [-0.39, 0.29) is 5.91 Å². The van der Waals surface area contributed by atoms with Crippen molar-refractivity contribution in [3.05, 3.63) is 11.6 Å². The van der Waals surface area contributed by atoms with Crippen LogP contribution < -0.4 is 5.73 Å². The number of allylic oxidation sites excluding steroid dienone is 1. The summed E-state index contributed by atoms with van der Waals surface area (Å²) in [6.45, 7) is 4.09. The van der Waals surface area contributed by atoms with Crippen LogP contribution in [0.3, 0.4) is 0 Å². The second-order valence-electron chi connectivity index (χ2n) is 3.70. The molecule has 0 radical (unpaired) electrons. The molecule has 0 rings (SSSR count). The maximum atomic E-state index is 10.9. The summed E-state index contributed by atoms with van der Waals surface area (Å²) in [5, 5.41) is 0. The van der Waals surface area contributed by atoms with Crippen molar-refractivity contribution in [2.24, 2.45) is 5.73 Å². The monoisotopic (exact) mass is 197 g/mol. The Bertz CT molecular complexity index is 185. The average Bonchev–Trinajstić information content (AvgIpc) is 2.16. The number of hydrogen-bond donors (Lipinski definition) is 1. The molecule has 0 aromatic carbocycles. The van der Waals surface area contributed by atoms with Gasteiger partial charge < -0.3 is 5.73 Å². The largest absolute Gasteiger partial charge is 0.366 e. The van der Waals surface area contributed by atoms with Crippen LogP contribution in [0.2, 0.25) is 0 Å². The van der Waals surface area contributed by atoms with Gasteiger partial charge in [-0.1, -0.05) is 45.1 Å². The third-order valence-corrected chi connectivity index (χ3v) is 2.46. The molecule has 2 N–H and O–H groups in total. The molecule has 82 valence electrons. The van der Waals surface area contributed by atoms with Crippen molar-refractivity contribution in [3.63, 3.8) is 0 Å². The average molecular weight is 197 g/mol. The van der Waals surface area contributed by atoms with E-state index in [2.05, 4.69) is 6.92 Å². The lowest BCUT2D eigenvalue weighted by Crippen LogP contribution is -2.13. The maximum Gasteiger partial charge on any atom is 0.244 e. The molecule has 0 aromatic rings. The van der Waals surface area contributed by atoms with Gasteiger partial charge in [-0.05, 0) is 19.8 Å². The number of amides is 1. The molecule has 2 nitrogen and oxygen atoms in total. The number of carbonyl (C=O) groups is 1. The fourth-order valence-electron chi connectivity index (χ4n) is 1.51. The van der Waals surface area contributed by atoms with E-state index in [1.54, 1.807) is 0 Å². The highest BCUT2D eigenvalue weighted by atomic mass is 16.1. The van der Waals surface area contributed by atoms with Gasteiger partial charge in [0, 0.05) is 5.57 Å². The van der Waals surface area contributed by atoms with E-state index in [4.69, 9.17) is 5.73 Å². The summed E-state index contributed by atoms with van der Waals surface area (Å²) < 4.78 is 0. The lowest BCUT2D eigenvalue weighted by molar-refractivity contribution is -0.114. The highest BCUT2D eigenvalue weighted by Crippen LogP contribution is 2.11. The van der Waals surface area contributed by atoms with Gasteiger partial charge in [0.1, 0.15) is 0 Å². The second kappa shape index (κ2) is 8.79. The van der Waals surface area contributed by atoms with Crippen molar-refractivity contribution in [1.29, 1.82) is 0 Å². The highest BCUT2D eigenvalue weighted by Gasteiger charge is 2.02. The zero-order chi connectivity index (χ0) is 10.8. The smallest absolute Gasteiger partial charge is 0.244 e. The van der Waals surface area contributed by atoms with Crippen LogP contribution in [0, 0.1) is 0 Å². The van der Waals surface area contributed by atoms with Gasteiger partial charge in [0.05, 0.1) is 0 Å². The van der Waals surface area contributed by atoms with Gasteiger partial charge in [0.15, 0.2) is 0 Å². The Morgan fingerprint density at radius 2 is 1.71 bits per heavy atom. The molecule has 0 unspecified atom stereocenters. The molecular weight excluding hydrogens is 174 g/mol. The van der Waals surface area contributed by atoms with E-state index in [0.29, 0.717) is 0 Å². The molecule has 0 aliphatic heterocycles. The normalized spacial score (nSPS) is 11.7. The molecule has 2 heteroatoms. The van der Waals surface area contributed by atoms with Gasteiger partial charge in [-0.2, -0.15) is 0 Å². The van der Waals surface area contributed by atoms with Gasteiger partial charge in [-0.3, -0.25) is 4.79 Å². The van der Waals surface area contributed by atoms with Gasteiger partial charge >= 0.3 is 0 Å². The lowest BCUT2D eigenvalue weighted by Gasteiger charge is -2.02. The van der Waals surface area contributed by atoms with Crippen LogP contribution in [0.1, 0.15) is 58.8 Å². The standard InChI is InChI=1S/C12H23NO/c1-3-5-6-7-8-9-10-11(4-2)12(13)14/h4H,3,5-10H2,1-2H3,(H2,13,14). The third kappa shape index (κ3) is 6.70. The third-order valence-electron chi connectivity index (χ3n) is 2.46. The summed E-state index contributed by atoms with van der Waals surface area (Å²) in [6, 6.07) is 0. The first-order chi connectivity index (χ1) is 6.72. The number of rotatable bonds is 8. The fourth-order valence-corrected chi connectivity index (χ4v) is 1.51. The van der Waals surface area contributed by atoms with Crippen LogP contribution in [-0.2, 0) is 4.79 Å². The molecule has 0 saturated carbocycles. The fraction of sp³-hybridized carbons (Fsp3) is 0.750. The molecule has 0 fully saturated rings. The number of primary amides is 1. The van der Waals surface area contributed by atoms with Crippen molar-refractivity contribution in [2.75, 3.05) is 0 Å². The summed E-state index contributed by atoms with van der Waals surface area (Å²) in [7, 11) is 0. The quantitative estimate of drug-likeness (QED) is 0.471. The van der Waals surface area contributed by atoms with Crippen LogP contribution in [0.5, 0.6) is 0 Å². The Hall–Kier alpha value is -0.790. The van der Waals surface area contributed by atoms with Crippen molar-refractivity contribution in [3.8, 4) is 0 Å². The molecule has 0 aromatic heterocycles. The summed E-state index contributed by atoms with van der Waals surface area (Å²) in [4.78, 5) is 10.9. The topological polar surface area (TPSA) is 43.1 Å². The first-order valence-electron chi connectivity index (χ1n) is 5.67. The molecule has 0 aliphatic carbocycles. The number of unbranched alkanes of at least 4 members (excludes halogenated alkanes) is 5. The van der Waals surface area contributed by atoms with Gasteiger partial charge in [-0.15, -0.1) is 0 Å². The van der Waals surface area contributed by atoms with E-state index < -0.39 is 0 Å². The molecule has 0 aliphatic rings. The van der Waals surface area contributed by atoms with E-state index in [0.717, 1.165) is 18.4 Å². The Balaban J connectivity index is 3.39.